The molecule has 4 heterocycles. The Hall–Kier alpha value is -2.58. The molecule has 0 bridgehead atoms. The first-order valence-corrected chi connectivity index (χ1v) is 10.0. The maximum Gasteiger partial charge on any atom is 0.230 e. The molecule has 1 aromatic carbocycles. The van der Waals surface area contributed by atoms with Crippen LogP contribution >= 0.6 is 11.3 Å². The van der Waals surface area contributed by atoms with E-state index in [0.29, 0.717) is 17.8 Å². The summed E-state index contributed by atoms with van der Waals surface area (Å²) < 4.78 is 5.60. The van der Waals surface area contributed by atoms with Crippen LogP contribution in [0.15, 0.2) is 33.6 Å². The molecule has 3 aromatic heterocycles. The van der Waals surface area contributed by atoms with Crippen molar-refractivity contribution in [1.29, 1.82) is 0 Å². The summed E-state index contributed by atoms with van der Waals surface area (Å²) in [5, 5.41) is 6.20. The molecule has 0 radical (unpaired) electrons. The molecule has 5 rings (SSSR count). The second kappa shape index (κ2) is 6.54. The molecule has 0 spiro atoms. The lowest BCUT2D eigenvalue weighted by Crippen LogP contribution is -2.36. The lowest BCUT2D eigenvalue weighted by molar-refractivity contribution is 0.166. The fourth-order valence-electron chi connectivity index (χ4n) is 3.63. The molecule has 2 atom stereocenters. The molecule has 1 fully saturated rings. The van der Waals surface area contributed by atoms with Gasteiger partial charge in [-0.25, -0.2) is 9.97 Å². The highest BCUT2D eigenvalue weighted by Gasteiger charge is 2.28. The van der Waals surface area contributed by atoms with Crippen molar-refractivity contribution in [2.24, 2.45) is 0 Å². The third kappa shape index (κ3) is 3.04. The van der Waals surface area contributed by atoms with E-state index in [2.05, 4.69) is 44.0 Å². The first kappa shape index (κ1) is 16.6. The van der Waals surface area contributed by atoms with Crippen molar-refractivity contribution in [1.82, 2.24) is 30.0 Å². The highest BCUT2D eigenvalue weighted by Crippen LogP contribution is 2.31. The van der Waals surface area contributed by atoms with Gasteiger partial charge >= 0.3 is 0 Å². The number of piperidine rings is 1. The number of aromatic nitrogens is 5. The molecule has 7 nitrogen and oxygen atoms in total. The summed E-state index contributed by atoms with van der Waals surface area (Å²) in [4.78, 5) is 19.3. The Morgan fingerprint density at radius 2 is 2.22 bits per heavy atom. The monoisotopic (exact) mass is 380 g/mol. The van der Waals surface area contributed by atoms with Crippen LogP contribution in [-0.4, -0.2) is 49.6 Å². The van der Waals surface area contributed by atoms with Crippen molar-refractivity contribution in [3.8, 4) is 22.9 Å². The summed E-state index contributed by atoms with van der Waals surface area (Å²) in [6.07, 6.45) is 2.10. The number of likely N-dealkylation sites (tertiary alicyclic amines) is 1. The second-order valence-electron chi connectivity index (χ2n) is 7.20. The maximum atomic E-state index is 5.60. The molecule has 138 valence electrons. The number of nitrogens with zero attached hydrogens (tertiary/aromatic N) is 5. The van der Waals surface area contributed by atoms with Crippen LogP contribution in [0.25, 0.3) is 33.9 Å². The topological polar surface area (TPSA) is 83.7 Å². The van der Waals surface area contributed by atoms with E-state index in [1.807, 2.05) is 23.6 Å². The van der Waals surface area contributed by atoms with Crippen LogP contribution in [0.2, 0.25) is 0 Å². The number of nitrogens with one attached hydrogen (secondary N) is 1. The maximum absolute atomic E-state index is 5.60. The van der Waals surface area contributed by atoms with Crippen molar-refractivity contribution < 1.29 is 4.52 Å². The van der Waals surface area contributed by atoms with Crippen LogP contribution in [-0.2, 0) is 0 Å². The minimum Gasteiger partial charge on any atom is -0.339 e. The van der Waals surface area contributed by atoms with E-state index in [9.17, 15) is 0 Å². The lowest BCUT2D eigenvalue weighted by atomic mass is 9.92. The summed E-state index contributed by atoms with van der Waals surface area (Å²) in [5.41, 5.74) is 5.42. The number of aromatic amines is 1. The summed E-state index contributed by atoms with van der Waals surface area (Å²) in [6, 6.07) is 6.51. The summed E-state index contributed by atoms with van der Waals surface area (Å²) in [5.74, 6) is 2.49. The molecule has 0 amide bonds. The van der Waals surface area contributed by atoms with Crippen LogP contribution in [0.5, 0.6) is 0 Å². The SMILES string of the molecule is C[C@@H]1C[C@H](c2nc(-c3ccc4nc(-c5cscn5)[nH]c4c3)no2)CCN1C. The van der Waals surface area contributed by atoms with E-state index < -0.39 is 0 Å². The van der Waals surface area contributed by atoms with Gasteiger partial charge in [0.15, 0.2) is 5.82 Å². The predicted octanol–water partition coefficient (Wildman–Crippen LogP) is 3.93. The number of hydrogen-bond donors (Lipinski definition) is 1. The largest absolute Gasteiger partial charge is 0.339 e. The number of H-pyrrole nitrogens is 1. The quantitative estimate of drug-likeness (QED) is 0.580. The van der Waals surface area contributed by atoms with Gasteiger partial charge in [-0.05, 0) is 51.6 Å². The van der Waals surface area contributed by atoms with Crippen molar-refractivity contribution in [3.63, 3.8) is 0 Å². The van der Waals surface area contributed by atoms with Crippen molar-refractivity contribution in [3.05, 3.63) is 35.0 Å². The molecular weight excluding hydrogens is 360 g/mol. The minimum atomic E-state index is 0.338. The van der Waals surface area contributed by atoms with Gasteiger partial charge in [-0.2, -0.15) is 4.98 Å². The second-order valence-corrected chi connectivity index (χ2v) is 7.92. The van der Waals surface area contributed by atoms with Gasteiger partial charge in [-0.3, -0.25) is 0 Å². The van der Waals surface area contributed by atoms with Crippen LogP contribution < -0.4 is 0 Å². The molecular formula is C19H20N6OS. The Morgan fingerprint density at radius 3 is 3.04 bits per heavy atom. The smallest absolute Gasteiger partial charge is 0.230 e. The van der Waals surface area contributed by atoms with Crippen molar-refractivity contribution in [2.45, 2.75) is 31.7 Å². The fraction of sp³-hybridized carbons (Fsp3) is 0.368. The van der Waals surface area contributed by atoms with Crippen LogP contribution in [0.4, 0.5) is 0 Å². The standard InChI is InChI=1S/C19H20N6OS/c1-11-7-13(5-6-25(11)2)19-23-17(24-26-19)12-3-4-14-15(8-12)22-18(21-14)16-9-27-10-20-16/h3-4,8-11,13H,5-7H2,1-2H3,(H,21,22)/t11-,13-/m1/s1. The zero-order valence-corrected chi connectivity index (χ0v) is 16.0. The van der Waals surface area contributed by atoms with Gasteiger partial charge < -0.3 is 14.4 Å². The summed E-state index contributed by atoms with van der Waals surface area (Å²) >= 11 is 1.55. The zero-order valence-electron chi connectivity index (χ0n) is 15.2. The van der Waals surface area contributed by atoms with Crippen LogP contribution in [0, 0.1) is 0 Å². The number of rotatable bonds is 3. The Morgan fingerprint density at radius 1 is 1.30 bits per heavy atom. The molecule has 8 heteroatoms. The molecule has 1 N–H and O–H groups in total. The molecule has 1 aliphatic rings. The van der Waals surface area contributed by atoms with Crippen molar-refractivity contribution in [2.75, 3.05) is 13.6 Å². The lowest BCUT2D eigenvalue weighted by Gasteiger charge is -2.33. The molecule has 0 saturated carbocycles. The normalized spacial score (nSPS) is 21.1. The third-order valence-electron chi connectivity index (χ3n) is 5.41. The molecule has 0 aliphatic carbocycles. The third-order valence-corrected chi connectivity index (χ3v) is 6.00. The number of thiazole rings is 1. The van der Waals surface area contributed by atoms with E-state index in [4.69, 9.17) is 4.52 Å². The van der Waals surface area contributed by atoms with E-state index in [1.54, 1.807) is 16.8 Å². The minimum absolute atomic E-state index is 0.338. The molecule has 4 aromatic rings. The zero-order chi connectivity index (χ0) is 18.4. The number of imidazole rings is 1. The number of fused-ring (bicyclic) bond motifs is 1. The predicted molar refractivity (Wildman–Crippen MR) is 105 cm³/mol. The highest BCUT2D eigenvalue weighted by molar-refractivity contribution is 7.07. The Bertz CT molecular complexity index is 1070. The summed E-state index contributed by atoms with van der Waals surface area (Å²) in [7, 11) is 2.17. The van der Waals surface area contributed by atoms with Gasteiger partial charge in [-0.15, -0.1) is 11.3 Å². The molecule has 0 unspecified atom stereocenters. The molecule has 27 heavy (non-hydrogen) atoms. The molecule has 1 aliphatic heterocycles. The van der Waals surface area contributed by atoms with E-state index in [1.165, 1.54) is 0 Å². The highest BCUT2D eigenvalue weighted by atomic mass is 32.1. The first-order valence-electron chi connectivity index (χ1n) is 9.10. The first-order chi connectivity index (χ1) is 13.2. The number of benzene rings is 1. The number of hydrogen-bond acceptors (Lipinski definition) is 7. The Kier molecular flexibility index (Phi) is 4.02. The Balaban J connectivity index is 1.43. The summed E-state index contributed by atoms with van der Waals surface area (Å²) in [6.45, 7) is 3.30. The average Bonchev–Trinajstić information content (AvgIpc) is 3.42. The van der Waals surface area contributed by atoms with Gasteiger partial charge in [0, 0.05) is 22.9 Å². The van der Waals surface area contributed by atoms with E-state index in [-0.39, 0.29) is 0 Å². The van der Waals surface area contributed by atoms with Gasteiger partial charge in [0.1, 0.15) is 5.69 Å². The van der Waals surface area contributed by atoms with E-state index >= 15 is 0 Å². The van der Waals surface area contributed by atoms with Crippen molar-refractivity contribution >= 4 is 22.4 Å². The van der Waals surface area contributed by atoms with Crippen LogP contribution in [0.1, 0.15) is 31.6 Å². The molecule has 1 saturated heterocycles. The van der Waals surface area contributed by atoms with E-state index in [0.717, 1.165) is 53.4 Å². The fourth-order valence-corrected chi connectivity index (χ4v) is 4.17. The van der Waals surface area contributed by atoms with Gasteiger partial charge in [-0.1, -0.05) is 5.16 Å². The van der Waals surface area contributed by atoms with Gasteiger partial charge in [0.2, 0.25) is 11.7 Å². The van der Waals surface area contributed by atoms with Gasteiger partial charge in [0.05, 0.1) is 16.5 Å². The average molecular weight is 380 g/mol. The van der Waals surface area contributed by atoms with Gasteiger partial charge in [0.25, 0.3) is 0 Å². The van der Waals surface area contributed by atoms with Crippen LogP contribution in [0.3, 0.4) is 0 Å². The Labute approximate surface area is 160 Å².